The van der Waals surface area contributed by atoms with Crippen LogP contribution in [0.4, 0.5) is 0 Å². The second-order valence-corrected chi connectivity index (χ2v) is 9.52. The Labute approximate surface area is 189 Å². The van der Waals surface area contributed by atoms with Gasteiger partial charge in [-0.25, -0.2) is 4.98 Å². The number of nitrogens with one attached hydrogen (secondary N) is 2. The van der Waals surface area contributed by atoms with E-state index in [0.717, 1.165) is 57.6 Å². The lowest BCUT2D eigenvalue weighted by Gasteiger charge is -2.37. The quantitative estimate of drug-likeness (QED) is 0.621. The maximum atomic E-state index is 13.5. The highest BCUT2D eigenvalue weighted by Gasteiger charge is 2.57. The molecule has 1 atom stereocenters. The molecule has 3 N–H and O–H groups in total. The third-order valence-corrected chi connectivity index (χ3v) is 7.74. The smallest absolute Gasteiger partial charge is 0.290 e. The first-order valence-corrected chi connectivity index (χ1v) is 11.8. The molecule has 3 aliphatic rings. The highest BCUT2D eigenvalue weighted by molar-refractivity contribution is 5.89. The molecule has 1 saturated heterocycles. The number of hydrogen-bond donors (Lipinski definition) is 3. The minimum atomic E-state index is -0.316. The van der Waals surface area contributed by atoms with E-state index >= 15 is 0 Å². The fourth-order valence-corrected chi connectivity index (χ4v) is 5.71. The maximum absolute atomic E-state index is 13.5. The molecule has 5 rings (SSSR count). The number of nitrogens with zero attached hydrogens (tertiary/aromatic N) is 2. The van der Waals surface area contributed by atoms with E-state index in [9.17, 15) is 4.79 Å². The number of hydrogen-bond acceptors (Lipinski definition) is 4. The van der Waals surface area contributed by atoms with Crippen molar-refractivity contribution in [2.45, 2.75) is 69.4 Å². The second kappa shape index (κ2) is 9.86. The molecule has 1 aromatic heterocycles. The number of aromatic nitrogens is 2. The summed E-state index contributed by atoms with van der Waals surface area (Å²) in [5.41, 5.74) is 1.23. The Kier molecular flexibility index (Phi) is 6.94. The Morgan fingerprint density at radius 2 is 1.84 bits per heavy atom. The van der Waals surface area contributed by atoms with Crippen molar-refractivity contribution in [2.75, 3.05) is 13.1 Å². The number of H-pyrrole nitrogens is 1. The summed E-state index contributed by atoms with van der Waals surface area (Å²) in [6.45, 7) is 2.84. The predicted molar refractivity (Wildman–Crippen MR) is 122 cm³/mol. The van der Waals surface area contributed by atoms with Crippen LogP contribution in [0.15, 0.2) is 42.7 Å². The van der Waals surface area contributed by atoms with Gasteiger partial charge in [0.1, 0.15) is 5.82 Å². The number of aromatic amines is 1. The molecule has 2 saturated carbocycles. The van der Waals surface area contributed by atoms with E-state index in [1.807, 2.05) is 18.5 Å². The molecule has 1 unspecified atom stereocenters. The van der Waals surface area contributed by atoms with Gasteiger partial charge >= 0.3 is 0 Å². The van der Waals surface area contributed by atoms with Gasteiger partial charge in [0.15, 0.2) is 0 Å². The number of benzene rings is 1. The van der Waals surface area contributed by atoms with Crippen LogP contribution in [0.5, 0.6) is 0 Å². The Morgan fingerprint density at radius 3 is 2.47 bits per heavy atom. The molecule has 1 aromatic carbocycles. The maximum Gasteiger partial charge on any atom is 0.290 e. The normalized spacial score (nSPS) is 23.6. The van der Waals surface area contributed by atoms with E-state index in [1.165, 1.54) is 24.8 Å². The van der Waals surface area contributed by atoms with Crippen LogP contribution in [-0.2, 0) is 21.5 Å². The molecule has 2 aliphatic carbocycles. The van der Waals surface area contributed by atoms with Crippen molar-refractivity contribution >= 4 is 12.4 Å². The Hall–Kier alpha value is -2.67. The van der Waals surface area contributed by atoms with Gasteiger partial charge in [0.05, 0.1) is 12.0 Å². The van der Waals surface area contributed by atoms with Crippen LogP contribution < -0.4 is 5.32 Å². The Balaban J connectivity index is 0.000000775. The van der Waals surface area contributed by atoms with E-state index in [2.05, 4.69) is 44.5 Å². The summed E-state index contributed by atoms with van der Waals surface area (Å²) >= 11 is 0. The van der Waals surface area contributed by atoms with Crippen LogP contribution in [0.1, 0.15) is 62.8 Å². The molecule has 172 valence electrons. The summed E-state index contributed by atoms with van der Waals surface area (Å²) in [4.78, 5) is 31.9. The number of imidazole rings is 1. The zero-order valence-corrected chi connectivity index (χ0v) is 18.6. The van der Waals surface area contributed by atoms with E-state index in [0.29, 0.717) is 11.5 Å². The third-order valence-electron chi connectivity index (χ3n) is 7.74. The first-order chi connectivity index (χ1) is 15.6. The highest BCUT2D eigenvalue weighted by Crippen LogP contribution is 2.54. The van der Waals surface area contributed by atoms with Gasteiger partial charge in [0, 0.05) is 18.4 Å². The first-order valence-electron chi connectivity index (χ1n) is 11.8. The monoisotopic (exact) mass is 438 g/mol. The molecule has 2 heterocycles. The minimum Gasteiger partial charge on any atom is -0.483 e. The Morgan fingerprint density at radius 1 is 1.16 bits per heavy atom. The number of likely N-dealkylation sites (tertiary alicyclic amines) is 1. The van der Waals surface area contributed by atoms with Crippen LogP contribution in [0.25, 0.3) is 0 Å². The minimum absolute atomic E-state index is 0.250. The Bertz CT molecular complexity index is 870. The van der Waals surface area contributed by atoms with Crippen molar-refractivity contribution in [2.24, 2.45) is 5.41 Å². The standard InChI is InChI=1S/C24H32N4O.CH2O2/c29-22(24(9-5-2-6-10-24)19-7-3-1-4-8-19)27-20-17-23(20)11-15-28(16-12-23)18-21-25-13-14-26-21;2-1-3/h1,3-4,7-8,13-14,20H,2,5-6,9-12,15-18H2,(H,25,26)(H,27,29);1H,(H,2,3). The van der Waals surface area contributed by atoms with Gasteiger partial charge in [0.2, 0.25) is 5.91 Å². The molecular formula is C25H34N4O3. The average molecular weight is 439 g/mol. The zero-order valence-electron chi connectivity index (χ0n) is 18.6. The van der Waals surface area contributed by atoms with Crippen molar-refractivity contribution in [3.63, 3.8) is 0 Å². The van der Waals surface area contributed by atoms with Crippen LogP contribution in [0.2, 0.25) is 0 Å². The molecule has 1 spiro atoms. The largest absolute Gasteiger partial charge is 0.483 e. The number of carbonyl (C=O) groups is 2. The zero-order chi connectivity index (χ0) is 22.4. The number of piperidine rings is 1. The average Bonchev–Trinajstić information content (AvgIpc) is 3.21. The molecule has 32 heavy (non-hydrogen) atoms. The van der Waals surface area contributed by atoms with E-state index in [1.54, 1.807) is 0 Å². The molecule has 0 bridgehead atoms. The van der Waals surface area contributed by atoms with Gasteiger partial charge in [-0.1, -0.05) is 49.6 Å². The van der Waals surface area contributed by atoms with Gasteiger partial charge in [-0.3, -0.25) is 14.5 Å². The van der Waals surface area contributed by atoms with Crippen LogP contribution in [-0.4, -0.2) is 51.5 Å². The summed E-state index contributed by atoms with van der Waals surface area (Å²) in [6.07, 6.45) is 12.7. The molecule has 1 amide bonds. The third kappa shape index (κ3) is 4.72. The van der Waals surface area contributed by atoms with E-state index in [-0.39, 0.29) is 17.8 Å². The van der Waals surface area contributed by atoms with Crippen molar-refractivity contribution < 1.29 is 14.7 Å². The summed E-state index contributed by atoms with van der Waals surface area (Å²) in [7, 11) is 0. The number of amides is 1. The van der Waals surface area contributed by atoms with Gasteiger partial charge in [-0.2, -0.15) is 0 Å². The summed E-state index contributed by atoms with van der Waals surface area (Å²) in [6, 6.07) is 10.9. The van der Waals surface area contributed by atoms with Gasteiger partial charge in [-0.05, 0) is 56.2 Å². The first kappa shape index (κ1) is 22.5. The number of carbonyl (C=O) groups excluding carboxylic acids is 1. The molecule has 1 aliphatic heterocycles. The molecule has 2 aromatic rings. The van der Waals surface area contributed by atoms with Gasteiger partial charge < -0.3 is 15.4 Å². The van der Waals surface area contributed by atoms with Crippen molar-refractivity contribution in [1.29, 1.82) is 0 Å². The topological polar surface area (TPSA) is 98.3 Å². The molecule has 0 radical (unpaired) electrons. The predicted octanol–water partition coefficient (Wildman–Crippen LogP) is 3.48. The highest BCUT2D eigenvalue weighted by atomic mass is 16.3. The SMILES string of the molecule is O=C(NC1CC12CCN(Cc1ncc[nH]1)CC2)C1(c2ccccc2)CCCCC1.O=CO. The second-order valence-electron chi connectivity index (χ2n) is 9.52. The summed E-state index contributed by atoms with van der Waals surface area (Å²) in [5, 5.41) is 10.4. The van der Waals surface area contributed by atoms with Crippen molar-refractivity contribution in [3.8, 4) is 0 Å². The fraction of sp³-hybridized carbons (Fsp3) is 0.560. The summed E-state index contributed by atoms with van der Waals surface area (Å²) in [5.74, 6) is 1.33. The fourth-order valence-electron chi connectivity index (χ4n) is 5.71. The lowest BCUT2D eigenvalue weighted by Crippen LogP contribution is -2.48. The molecular weight excluding hydrogens is 404 g/mol. The van der Waals surface area contributed by atoms with Crippen LogP contribution >= 0.6 is 0 Å². The number of rotatable bonds is 5. The lowest BCUT2D eigenvalue weighted by atomic mass is 9.68. The van der Waals surface area contributed by atoms with Crippen LogP contribution in [0.3, 0.4) is 0 Å². The van der Waals surface area contributed by atoms with E-state index in [4.69, 9.17) is 9.90 Å². The molecule has 3 fully saturated rings. The summed E-state index contributed by atoms with van der Waals surface area (Å²) < 4.78 is 0. The van der Waals surface area contributed by atoms with Crippen molar-refractivity contribution in [3.05, 3.63) is 54.1 Å². The van der Waals surface area contributed by atoms with Gasteiger partial charge in [-0.15, -0.1) is 0 Å². The van der Waals surface area contributed by atoms with Crippen molar-refractivity contribution in [1.82, 2.24) is 20.2 Å². The lowest BCUT2D eigenvalue weighted by molar-refractivity contribution is -0.128. The van der Waals surface area contributed by atoms with Gasteiger partial charge in [0.25, 0.3) is 6.47 Å². The van der Waals surface area contributed by atoms with Crippen LogP contribution in [0, 0.1) is 5.41 Å². The van der Waals surface area contributed by atoms with E-state index < -0.39 is 0 Å². The number of carboxylic acid groups (broad SMARTS) is 1. The molecule has 7 nitrogen and oxygen atoms in total. The molecule has 7 heteroatoms.